The van der Waals surface area contributed by atoms with Crippen LogP contribution >= 0.6 is 0 Å². The van der Waals surface area contributed by atoms with E-state index in [1.54, 1.807) is 23.3 Å². The molecule has 3 heterocycles. The number of likely N-dealkylation sites (tertiary alicyclic amines) is 1. The lowest BCUT2D eigenvalue weighted by atomic mass is 9.89. The Kier molecular flexibility index (Phi) is 3.37. The van der Waals surface area contributed by atoms with Crippen molar-refractivity contribution in [2.24, 2.45) is 5.92 Å². The first-order valence-corrected chi connectivity index (χ1v) is 7.99. The van der Waals surface area contributed by atoms with Crippen LogP contribution in [0.2, 0.25) is 0 Å². The number of rotatable bonds is 3. The van der Waals surface area contributed by atoms with E-state index in [0.717, 1.165) is 25.7 Å². The largest absolute Gasteiger partial charge is 0.390 e. The molecule has 2 fully saturated rings. The maximum atomic E-state index is 12.7. The number of carbonyl (C=O) groups excluding carboxylic acids is 1. The number of pyridine rings is 1. The van der Waals surface area contributed by atoms with Gasteiger partial charge in [-0.3, -0.25) is 9.36 Å². The standard InChI is InChI=1S/C16H19N5O2/c22-15(20-8-4-12(5-9-20)16(23)6-7-16)13-2-1-3-14(19-13)21-10-17-18-11-21/h1-3,10-12,23H,4-9H2. The molecular formula is C16H19N5O2. The Bertz CT molecular complexity index is 703. The van der Waals surface area contributed by atoms with Gasteiger partial charge in [0.15, 0.2) is 0 Å². The van der Waals surface area contributed by atoms with Crippen LogP contribution < -0.4 is 0 Å². The molecule has 1 N–H and O–H groups in total. The number of amides is 1. The fourth-order valence-corrected chi connectivity index (χ4v) is 3.32. The van der Waals surface area contributed by atoms with Crippen molar-refractivity contribution in [2.45, 2.75) is 31.3 Å². The number of nitrogens with zero attached hydrogens (tertiary/aromatic N) is 5. The number of aliphatic hydroxyl groups is 1. The molecule has 0 atom stereocenters. The van der Waals surface area contributed by atoms with E-state index >= 15 is 0 Å². The van der Waals surface area contributed by atoms with Gasteiger partial charge in [0.25, 0.3) is 5.91 Å². The Balaban J connectivity index is 1.46. The van der Waals surface area contributed by atoms with Crippen LogP contribution in [-0.2, 0) is 0 Å². The highest BCUT2D eigenvalue weighted by molar-refractivity contribution is 5.92. The highest BCUT2D eigenvalue weighted by atomic mass is 16.3. The van der Waals surface area contributed by atoms with E-state index in [1.807, 2.05) is 17.0 Å². The molecule has 1 aliphatic carbocycles. The zero-order valence-corrected chi connectivity index (χ0v) is 12.8. The molecule has 0 radical (unpaired) electrons. The van der Waals surface area contributed by atoms with Gasteiger partial charge in [0.2, 0.25) is 0 Å². The van der Waals surface area contributed by atoms with E-state index in [9.17, 15) is 9.90 Å². The third-order valence-corrected chi connectivity index (χ3v) is 4.94. The molecule has 0 spiro atoms. The minimum atomic E-state index is -0.443. The van der Waals surface area contributed by atoms with E-state index in [2.05, 4.69) is 15.2 Å². The van der Waals surface area contributed by atoms with Gasteiger partial charge in [-0.2, -0.15) is 0 Å². The van der Waals surface area contributed by atoms with E-state index < -0.39 is 5.60 Å². The van der Waals surface area contributed by atoms with E-state index in [-0.39, 0.29) is 5.91 Å². The predicted octanol–water partition coefficient (Wildman–Crippen LogP) is 1.04. The zero-order chi connectivity index (χ0) is 15.9. The van der Waals surface area contributed by atoms with Gasteiger partial charge in [-0.25, -0.2) is 4.98 Å². The first kappa shape index (κ1) is 14.3. The summed E-state index contributed by atoms with van der Waals surface area (Å²) in [5.74, 6) is 0.909. The predicted molar refractivity (Wildman–Crippen MR) is 82.0 cm³/mol. The summed E-state index contributed by atoms with van der Waals surface area (Å²) in [7, 11) is 0. The van der Waals surface area contributed by atoms with Gasteiger partial charge in [0.05, 0.1) is 5.60 Å². The first-order chi connectivity index (χ1) is 11.2. The average molecular weight is 313 g/mol. The normalized spacial score (nSPS) is 20.5. The summed E-state index contributed by atoms with van der Waals surface area (Å²) < 4.78 is 1.67. The van der Waals surface area contributed by atoms with Crippen molar-refractivity contribution >= 4 is 5.91 Å². The van der Waals surface area contributed by atoms with Crippen molar-refractivity contribution in [2.75, 3.05) is 13.1 Å². The molecule has 0 unspecified atom stereocenters. The van der Waals surface area contributed by atoms with Crippen LogP contribution in [0.4, 0.5) is 0 Å². The summed E-state index contributed by atoms with van der Waals surface area (Å²) in [6.07, 6.45) is 6.67. The van der Waals surface area contributed by atoms with Gasteiger partial charge in [0, 0.05) is 13.1 Å². The molecule has 1 amide bonds. The molecule has 2 aromatic rings. The van der Waals surface area contributed by atoms with Gasteiger partial charge in [-0.1, -0.05) is 6.07 Å². The minimum absolute atomic E-state index is 0.0545. The first-order valence-electron chi connectivity index (χ1n) is 7.99. The zero-order valence-electron chi connectivity index (χ0n) is 12.8. The monoisotopic (exact) mass is 313 g/mol. The van der Waals surface area contributed by atoms with Crippen LogP contribution in [0.25, 0.3) is 5.82 Å². The van der Waals surface area contributed by atoms with Crippen molar-refractivity contribution in [1.29, 1.82) is 0 Å². The van der Waals surface area contributed by atoms with Crippen molar-refractivity contribution in [3.05, 3.63) is 36.5 Å². The second-order valence-corrected chi connectivity index (χ2v) is 6.42. The van der Waals surface area contributed by atoms with E-state index in [4.69, 9.17) is 0 Å². The van der Waals surface area contributed by atoms with Crippen molar-refractivity contribution in [3.8, 4) is 5.82 Å². The lowest BCUT2D eigenvalue weighted by Crippen LogP contribution is -2.42. The molecule has 120 valence electrons. The van der Waals surface area contributed by atoms with E-state index in [0.29, 0.717) is 30.5 Å². The molecule has 2 aliphatic rings. The Labute approximate surface area is 134 Å². The van der Waals surface area contributed by atoms with Crippen LogP contribution in [0.1, 0.15) is 36.2 Å². The van der Waals surface area contributed by atoms with Gasteiger partial charge in [0.1, 0.15) is 24.2 Å². The number of carbonyl (C=O) groups is 1. The van der Waals surface area contributed by atoms with Crippen molar-refractivity contribution in [1.82, 2.24) is 24.6 Å². The average Bonchev–Trinajstić information content (AvgIpc) is 3.13. The molecule has 7 nitrogen and oxygen atoms in total. The lowest BCUT2D eigenvalue weighted by Gasteiger charge is -2.34. The maximum Gasteiger partial charge on any atom is 0.272 e. The molecule has 1 aliphatic heterocycles. The SMILES string of the molecule is O=C(c1cccc(-n2cnnc2)n1)N1CCC(C2(O)CC2)CC1. The minimum Gasteiger partial charge on any atom is -0.390 e. The van der Waals surface area contributed by atoms with Gasteiger partial charge in [-0.05, 0) is 43.7 Å². The van der Waals surface area contributed by atoms with E-state index in [1.165, 1.54) is 0 Å². The Morgan fingerprint density at radius 3 is 2.52 bits per heavy atom. The Hall–Kier alpha value is -2.28. The molecular weight excluding hydrogens is 294 g/mol. The van der Waals surface area contributed by atoms with Crippen LogP contribution in [0.15, 0.2) is 30.9 Å². The smallest absolute Gasteiger partial charge is 0.272 e. The second-order valence-electron chi connectivity index (χ2n) is 6.42. The molecule has 1 saturated carbocycles. The quantitative estimate of drug-likeness (QED) is 0.915. The van der Waals surface area contributed by atoms with Crippen LogP contribution in [0.5, 0.6) is 0 Å². The summed E-state index contributed by atoms with van der Waals surface area (Å²) >= 11 is 0. The highest BCUT2D eigenvalue weighted by Gasteiger charge is 2.48. The number of aromatic nitrogens is 4. The maximum absolute atomic E-state index is 12.7. The van der Waals surface area contributed by atoms with Crippen LogP contribution in [0, 0.1) is 5.92 Å². The summed E-state index contributed by atoms with van der Waals surface area (Å²) in [6, 6.07) is 5.36. The lowest BCUT2D eigenvalue weighted by molar-refractivity contribution is 0.0338. The molecule has 7 heteroatoms. The van der Waals surface area contributed by atoms with Crippen LogP contribution in [0.3, 0.4) is 0 Å². The van der Waals surface area contributed by atoms with Crippen molar-refractivity contribution < 1.29 is 9.90 Å². The fraction of sp³-hybridized carbons (Fsp3) is 0.500. The molecule has 1 saturated heterocycles. The molecule has 2 aromatic heterocycles. The van der Waals surface area contributed by atoms with Crippen molar-refractivity contribution in [3.63, 3.8) is 0 Å². The van der Waals surface area contributed by atoms with Gasteiger partial charge in [-0.15, -0.1) is 10.2 Å². The third-order valence-electron chi connectivity index (χ3n) is 4.94. The molecule has 4 rings (SSSR count). The summed E-state index contributed by atoms with van der Waals surface area (Å²) in [5, 5.41) is 17.7. The Morgan fingerprint density at radius 1 is 1.17 bits per heavy atom. The Morgan fingerprint density at radius 2 is 1.87 bits per heavy atom. The summed E-state index contributed by atoms with van der Waals surface area (Å²) in [6.45, 7) is 1.37. The van der Waals surface area contributed by atoms with Gasteiger partial charge < -0.3 is 10.0 Å². The summed E-state index contributed by atoms with van der Waals surface area (Å²) in [5.41, 5.74) is -0.0124. The number of hydrogen-bond donors (Lipinski definition) is 1. The second kappa shape index (κ2) is 5.42. The number of piperidine rings is 1. The topological polar surface area (TPSA) is 84.1 Å². The van der Waals surface area contributed by atoms with Crippen LogP contribution in [-0.4, -0.2) is 54.4 Å². The van der Waals surface area contributed by atoms with Gasteiger partial charge >= 0.3 is 0 Å². The third kappa shape index (κ3) is 2.72. The fourth-order valence-electron chi connectivity index (χ4n) is 3.32. The molecule has 0 bridgehead atoms. The summed E-state index contributed by atoms with van der Waals surface area (Å²) in [4.78, 5) is 18.9. The molecule has 0 aromatic carbocycles. The highest BCUT2D eigenvalue weighted by Crippen LogP contribution is 2.46. The molecule has 23 heavy (non-hydrogen) atoms. The number of hydrogen-bond acceptors (Lipinski definition) is 5.